The van der Waals surface area contributed by atoms with Gasteiger partial charge in [0.05, 0.1) is 0 Å². The molecule has 0 unspecified atom stereocenters. The second-order valence-corrected chi connectivity index (χ2v) is 4.20. The summed E-state index contributed by atoms with van der Waals surface area (Å²) >= 11 is 5.10. The highest BCUT2D eigenvalue weighted by Crippen LogP contribution is 2.30. The van der Waals surface area contributed by atoms with Crippen molar-refractivity contribution in [2.75, 3.05) is 13.6 Å². The molecule has 0 amide bonds. The molecule has 0 radical (unpaired) electrons. The summed E-state index contributed by atoms with van der Waals surface area (Å²) in [5.41, 5.74) is 0. The molecule has 2 atom stereocenters. The Hall–Kier alpha value is -0.310. The smallest absolute Gasteiger partial charge is 0.259 e. The van der Waals surface area contributed by atoms with Crippen molar-refractivity contribution in [2.24, 2.45) is 5.92 Å². The van der Waals surface area contributed by atoms with Crippen molar-refractivity contribution in [2.45, 2.75) is 31.8 Å². The zero-order chi connectivity index (χ0) is 8.55. The van der Waals surface area contributed by atoms with Crippen LogP contribution >= 0.6 is 12.2 Å². The topological polar surface area (TPSA) is 12.5 Å². The first-order valence-corrected chi connectivity index (χ1v) is 5.10. The maximum atomic E-state index is 5.66. The first-order chi connectivity index (χ1) is 5.77. The predicted molar refractivity (Wildman–Crippen MR) is 52.1 cm³/mol. The van der Waals surface area contributed by atoms with Crippen LogP contribution in [0.2, 0.25) is 0 Å². The second-order valence-electron chi connectivity index (χ2n) is 3.85. The molecule has 1 aliphatic heterocycles. The van der Waals surface area contributed by atoms with E-state index in [-0.39, 0.29) is 0 Å². The second kappa shape index (κ2) is 3.21. The van der Waals surface area contributed by atoms with E-state index < -0.39 is 0 Å². The number of hydrogen-bond acceptors (Lipinski definition) is 2. The summed E-state index contributed by atoms with van der Waals surface area (Å²) in [6.45, 7) is 1.10. The predicted octanol–water partition coefficient (Wildman–Crippen LogP) is 1.79. The molecule has 0 N–H and O–H groups in total. The summed E-state index contributed by atoms with van der Waals surface area (Å²) in [5, 5.41) is 0.693. The average molecular weight is 185 g/mol. The Labute approximate surface area is 78.9 Å². The van der Waals surface area contributed by atoms with Gasteiger partial charge in [-0.25, -0.2) is 0 Å². The molecule has 0 spiro atoms. The van der Waals surface area contributed by atoms with Gasteiger partial charge in [-0.2, -0.15) is 0 Å². The van der Waals surface area contributed by atoms with Gasteiger partial charge in [0.15, 0.2) is 0 Å². The summed E-state index contributed by atoms with van der Waals surface area (Å²) in [5.74, 6) is 0.732. The van der Waals surface area contributed by atoms with Crippen LogP contribution in [0.25, 0.3) is 0 Å². The molecule has 2 fully saturated rings. The number of rotatable bonds is 0. The largest absolute Gasteiger partial charge is 0.467 e. The minimum Gasteiger partial charge on any atom is -0.467 e. The summed E-state index contributed by atoms with van der Waals surface area (Å²) in [6, 6.07) is 0. The monoisotopic (exact) mass is 185 g/mol. The van der Waals surface area contributed by atoms with Crippen LogP contribution < -0.4 is 0 Å². The van der Waals surface area contributed by atoms with Crippen molar-refractivity contribution in [1.82, 2.24) is 4.90 Å². The zero-order valence-corrected chi connectivity index (χ0v) is 8.27. The Morgan fingerprint density at radius 1 is 1.42 bits per heavy atom. The van der Waals surface area contributed by atoms with Crippen LogP contribution in [0.5, 0.6) is 0 Å². The molecule has 0 aromatic heterocycles. The molecule has 2 nitrogen and oxygen atoms in total. The fourth-order valence-corrected chi connectivity index (χ4v) is 2.38. The van der Waals surface area contributed by atoms with Crippen molar-refractivity contribution in [3.63, 3.8) is 0 Å². The number of hydrogen-bond donors (Lipinski definition) is 0. The zero-order valence-electron chi connectivity index (χ0n) is 7.45. The van der Waals surface area contributed by atoms with Crippen molar-refractivity contribution >= 4 is 17.4 Å². The molecule has 1 saturated heterocycles. The van der Waals surface area contributed by atoms with Gasteiger partial charge in [0.2, 0.25) is 0 Å². The van der Waals surface area contributed by atoms with E-state index in [1.807, 2.05) is 7.05 Å². The van der Waals surface area contributed by atoms with Gasteiger partial charge >= 0.3 is 0 Å². The molecule has 1 saturated carbocycles. The number of thiocarbonyl (C=S) groups is 1. The molecule has 1 heterocycles. The molecule has 1 aliphatic carbocycles. The van der Waals surface area contributed by atoms with Crippen LogP contribution in [0.15, 0.2) is 0 Å². The van der Waals surface area contributed by atoms with Crippen molar-refractivity contribution < 1.29 is 4.74 Å². The summed E-state index contributed by atoms with van der Waals surface area (Å²) in [7, 11) is 2.02. The number of ether oxygens (including phenoxy) is 1. The van der Waals surface area contributed by atoms with Gasteiger partial charge < -0.3 is 9.64 Å². The Kier molecular flexibility index (Phi) is 2.22. The molecule has 3 heteroatoms. The van der Waals surface area contributed by atoms with Crippen molar-refractivity contribution in [1.29, 1.82) is 0 Å². The third-order valence-corrected chi connectivity index (χ3v) is 3.32. The van der Waals surface area contributed by atoms with Crippen LogP contribution in [-0.2, 0) is 4.74 Å². The molecular formula is C9H15NOS. The third-order valence-electron chi connectivity index (χ3n) is 2.91. The Morgan fingerprint density at radius 3 is 3.00 bits per heavy atom. The van der Waals surface area contributed by atoms with E-state index in [1.165, 1.54) is 25.7 Å². The first kappa shape index (κ1) is 8.30. The first-order valence-electron chi connectivity index (χ1n) is 4.69. The number of fused-ring (bicyclic) bond motifs is 1. The Balaban J connectivity index is 2.02. The van der Waals surface area contributed by atoms with Crippen LogP contribution in [0.4, 0.5) is 0 Å². The Morgan fingerprint density at radius 2 is 2.17 bits per heavy atom. The van der Waals surface area contributed by atoms with E-state index in [2.05, 4.69) is 4.90 Å². The quantitative estimate of drug-likeness (QED) is 0.534. The maximum Gasteiger partial charge on any atom is 0.259 e. The minimum absolute atomic E-state index is 0.433. The van der Waals surface area contributed by atoms with Crippen LogP contribution in [0, 0.1) is 5.92 Å². The van der Waals surface area contributed by atoms with Gasteiger partial charge in [0.1, 0.15) is 6.10 Å². The van der Waals surface area contributed by atoms with E-state index in [9.17, 15) is 0 Å². The van der Waals surface area contributed by atoms with Crippen molar-refractivity contribution in [3.8, 4) is 0 Å². The van der Waals surface area contributed by atoms with E-state index in [0.717, 1.165) is 12.5 Å². The highest BCUT2D eigenvalue weighted by Gasteiger charge is 2.33. The van der Waals surface area contributed by atoms with Crippen LogP contribution in [-0.4, -0.2) is 29.8 Å². The summed E-state index contributed by atoms with van der Waals surface area (Å²) < 4.78 is 5.66. The van der Waals surface area contributed by atoms with Crippen LogP contribution in [0.1, 0.15) is 25.7 Å². The van der Waals surface area contributed by atoms with E-state index in [0.29, 0.717) is 11.3 Å². The van der Waals surface area contributed by atoms with Crippen molar-refractivity contribution in [3.05, 3.63) is 0 Å². The maximum absolute atomic E-state index is 5.66. The lowest BCUT2D eigenvalue weighted by molar-refractivity contribution is 0.0251. The summed E-state index contributed by atoms with van der Waals surface area (Å²) in [6.07, 6.45) is 5.64. The molecule has 12 heavy (non-hydrogen) atoms. The molecule has 0 aromatic rings. The lowest BCUT2D eigenvalue weighted by Gasteiger charge is -2.40. The van der Waals surface area contributed by atoms with E-state index in [1.54, 1.807) is 0 Å². The molecule has 2 aliphatic rings. The normalized spacial score (nSPS) is 35.8. The highest BCUT2D eigenvalue weighted by atomic mass is 32.1. The highest BCUT2D eigenvalue weighted by molar-refractivity contribution is 7.80. The SMILES string of the molecule is CN1C[C@@H]2CCCC[C@H]2OC1=S. The lowest BCUT2D eigenvalue weighted by Crippen LogP contribution is -2.47. The third kappa shape index (κ3) is 1.42. The standard InChI is InChI=1S/C9H15NOS/c1-10-6-7-4-2-3-5-8(7)11-9(10)12/h7-8H,2-6H2,1H3/t7-,8+/m0/s1. The Bertz CT molecular complexity index is 195. The fourth-order valence-electron chi connectivity index (χ4n) is 2.18. The fraction of sp³-hybridized carbons (Fsp3) is 0.889. The number of nitrogens with zero attached hydrogens (tertiary/aromatic N) is 1. The minimum atomic E-state index is 0.433. The van der Waals surface area contributed by atoms with Gasteiger partial charge in [0, 0.05) is 19.5 Å². The molecule has 2 rings (SSSR count). The van der Waals surface area contributed by atoms with E-state index >= 15 is 0 Å². The van der Waals surface area contributed by atoms with Gasteiger partial charge in [-0.05, 0) is 31.5 Å². The van der Waals surface area contributed by atoms with Crippen LogP contribution in [0.3, 0.4) is 0 Å². The molecule has 68 valence electrons. The molecule has 0 aromatic carbocycles. The molecular weight excluding hydrogens is 170 g/mol. The molecule has 0 bridgehead atoms. The van der Waals surface area contributed by atoms with Gasteiger partial charge in [-0.3, -0.25) is 0 Å². The average Bonchev–Trinajstić information content (AvgIpc) is 2.07. The lowest BCUT2D eigenvalue weighted by atomic mass is 9.85. The van der Waals surface area contributed by atoms with Gasteiger partial charge in [-0.15, -0.1) is 0 Å². The van der Waals surface area contributed by atoms with Gasteiger partial charge in [0.25, 0.3) is 5.17 Å². The summed E-state index contributed by atoms with van der Waals surface area (Å²) in [4.78, 5) is 2.06. The van der Waals surface area contributed by atoms with Gasteiger partial charge in [-0.1, -0.05) is 6.42 Å². The van der Waals surface area contributed by atoms with E-state index in [4.69, 9.17) is 17.0 Å².